The summed E-state index contributed by atoms with van der Waals surface area (Å²) in [5.74, 6) is -0.690. The van der Waals surface area contributed by atoms with Crippen LogP contribution in [0.3, 0.4) is 0 Å². The van der Waals surface area contributed by atoms with Gasteiger partial charge in [0.1, 0.15) is 11.9 Å². The van der Waals surface area contributed by atoms with Gasteiger partial charge in [-0.25, -0.2) is 4.39 Å². The lowest BCUT2D eigenvalue weighted by molar-refractivity contribution is -0.136. The fourth-order valence-electron chi connectivity index (χ4n) is 2.04. The molecule has 1 heterocycles. The minimum absolute atomic E-state index is 0.0183. The predicted molar refractivity (Wildman–Crippen MR) is 69.8 cm³/mol. The van der Waals surface area contributed by atoms with Crippen LogP contribution in [0, 0.1) is 5.82 Å². The first kappa shape index (κ1) is 14.3. The van der Waals surface area contributed by atoms with E-state index in [9.17, 15) is 9.18 Å². The monoisotopic (exact) mass is 281 g/mol. The number of benzene rings is 1. The molecule has 1 amide bonds. The summed E-state index contributed by atoms with van der Waals surface area (Å²) in [7, 11) is 0. The highest BCUT2D eigenvalue weighted by Gasteiger charge is 2.27. The fraction of sp³-hybridized carbons (Fsp3) is 0.385. The number of amidine groups is 1. The zero-order chi connectivity index (χ0) is 14.5. The van der Waals surface area contributed by atoms with Gasteiger partial charge in [0.25, 0.3) is 0 Å². The number of rotatable bonds is 3. The number of ether oxygens (including phenoxy) is 1. The molecule has 2 rings (SSSR count). The molecule has 1 aromatic carbocycles. The minimum atomic E-state index is -0.627. The summed E-state index contributed by atoms with van der Waals surface area (Å²) in [6.07, 6.45) is -0.645. The van der Waals surface area contributed by atoms with Crippen molar-refractivity contribution >= 4 is 11.7 Å². The molecule has 0 saturated carbocycles. The average molecular weight is 281 g/mol. The maximum Gasteiger partial charge on any atom is 0.227 e. The molecule has 1 fully saturated rings. The number of carbonyl (C=O) groups is 1. The normalized spacial score (nSPS) is 19.9. The molecule has 1 aliphatic rings. The van der Waals surface area contributed by atoms with Crippen LogP contribution in [0.2, 0.25) is 0 Å². The average Bonchev–Trinajstić information content (AvgIpc) is 2.49. The number of oxime groups is 1. The summed E-state index contributed by atoms with van der Waals surface area (Å²) < 4.78 is 18.8. The molecule has 20 heavy (non-hydrogen) atoms. The molecule has 108 valence electrons. The van der Waals surface area contributed by atoms with Crippen molar-refractivity contribution in [2.24, 2.45) is 10.9 Å². The third-order valence-electron chi connectivity index (χ3n) is 3.16. The van der Waals surface area contributed by atoms with Crippen LogP contribution < -0.4 is 5.73 Å². The number of amides is 1. The molecule has 6 nitrogen and oxygen atoms in total. The molecule has 0 aliphatic carbocycles. The Kier molecular flexibility index (Phi) is 4.52. The Morgan fingerprint density at radius 2 is 2.30 bits per heavy atom. The molecule has 3 N–H and O–H groups in total. The second-order valence-corrected chi connectivity index (χ2v) is 4.49. The summed E-state index contributed by atoms with van der Waals surface area (Å²) >= 11 is 0. The van der Waals surface area contributed by atoms with Crippen LogP contribution >= 0.6 is 0 Å². The van der Waals surface area contributed by atoms with Crippen LogP contribution in [0.1, 0.15) is 5.56 Å². The van der Waals surface area contributed by atoms with Crippen LogP contribution in [-0.2, 0) is 16.0 Å². The van der Waals surface area contributed by atoms with Gasteiger partial charge >= 0.3 is 0 Å². The van der Waals surface area contributed by atoms with Crippen molar-refractivity contribution in [2.45, 2.75) is 12.5 Å². The number of carbonyl (C=O) groups excluding carboxylic acids is 1. The van der Waals surface area contributed by atoms with Gasteiger partial charge in [-0.2, -0.15) is 0 Å². The van der Waals surface area contributed by atoms with E-state index >= 15 is 0 Å². The van der Waals surface area contributed by atoms with Gasteiger partial charge in [0.2, 0.25) is 5.91 Å². The molecule has 1 saturated heterocycles. The van der Waals surface area contributed by atoms with Crippen LogP contribution in [0.25, 0.3) is 0 Å². The van der Waals surface area contributed by atoms with Crippen LogP contribution in [0.4, 0.5) is 4.39 Å². The van der Waals surface area contributed by atoms with Gasteiger partial charge < -0.3 is 20.6 Å². The maximum atomic E-state index is 13.5. The summed E-state index contributed by atoms with van der Waals surface area (Å²) in [5, 5.41) is 11.5. The maximum absolute atomic E-state index is 13.5. The molecule has 1 aromatic rings. The first-order valence-corrected chi connectivity index (χ1v) is 6.22. The minimum Gasteiger partial charge on any atom is -0.409 e. The van der Waals surface area contributed by atoms with E-state index in [-0.39, 0.29) is 24.7 Å². The molecule has 1 unspecified atom stereocenters. The van der Waals surface area contributed by atoms with Crippen molar-refractivity contribution in [3.05, 3.63) is 35.6 Å². The molecule has 0 radical (unpaired) electrons. The molecule has 0 spiro atoms. The highest BCUT2D eigenvalue weighted by atomic mass is 19.1. The summed E-state index contributed by atoms with van der Waals surface area (Å²) in [4.78, 5) is 13.7. The third kappa shape index (κ3) is 3.24. The molecule has 1 atom stereocenters. The smallest absolute Gasteiger partial charge is 0.227 e. The Hall–Kier alpha value is -2.15. The van der Waals surface area contributed by atoms with Gasteiger partial charge in [-0.05, 0) is 11.6 Å². The second-order valence-electron chi connectivity index (χ2n) is 4.49. The topological polar surface area (TPSA) is 88.2 Å². The van der Waals surface area contributed by atoms with Crippen LogP contribution in [0.15, 0.2) is 29.4 Å². The lowest BCUT2D eigenvalue weighted by Gasteiger charge is -2.32. The number of hydrogen-bond acceptors (Lipinski definition) is 4. The molecule has 7 heteroatoms. The van der Waals surface area contributed by atoms with Crippen molar-refractivity contribution in [1.29, 1.82) is 0 Å². The van der Waals surface area contributed by atoms with Crippen LogP contribution in [0.5, 0.6) is 0 Å². The number of halogens is 1. The molecule has 0 bridgehead atoms. The van der Waals surface area contributed by atoms with Crippen LogP contribution in [-0.4, -0.2) is 47.7 Å². The van der Waals surface area contributed by atoms with Gasteiger partial charge in [-0.15, -0.1) is 0 Å². The SMILES string of the molecule is NC(=NO)C1CN(C(=O)Cc2ccccc2F)CCO1. The highest BCUT2D eigenvalue weighted by molar-refractivity contribution is 5.86. The van der Waals surface area contributed by atoms with E-state index in [2.05, 4.69) is 5.16 Å². The van der Waals surface area contributed by atoms with Crippen molar-refractivity contribution < 1.29 is 19.1 Å². The van der Waals surface area contributed by atoms with Gasteiger partial charge in [0, 0.05) is 6.54 Å². The fourth-order valence-corrected chi connectivity index (χ4v) is 2.04. The van der Waals surface area contributed by atoms with Gasteiger partial charge in [-0.1, -0.05) is 23.4 Å². The van der Waals surface area contributed by atoms with E-state index in [1.807, 2.05) is 0 Å². The summed E-state index contributed by atoms with van der Waals surface area (Å²) in [6.45, 7) is 0.898. The van der Waals surface area contributed by atoms with E-state index in [1.165, 1.54) is 11.0 Å². The lowest BCUT2D eigenvalue weighted by Crippen LogP contribution is -2.50. The van der Waals surface area contributed by atoms with Crippen molar-refractivity contribution in [3.63, 3.8) is 0 Å². The number of morpholine rings is 1. The first-order chi connectivity index (χ1) is 9.61. The number of nitrogens with zero attached hydrogens (tertiary/aromatic N) is 2. The Balaban J connectivity index is 2.01. The summed E-state index contributed by atoms with van der Waals surface area (Å²) in [6, 6.07) is 6.16. The predicted octanol–water partition coefficient (Wildman–Crippen LogP) is 0.342. The van der Waals surface area contributed by atoms with Gasteiger partial charge in [0.05, 0.1) is 19.6 Å². The van der Waals surface area contributed by atoms with E-state index in [1.54, 1.807) is 18.2 Å². The second kappa shape index (κ2) is 6.33. The van der Waals surface area contributed by atoms with E-state index in [0.29, 0.717) is 18.7 Å². The molecular weight excluding hydrogens is 265 g/mol. The van der Waals surface area contributed by atoms with E-state index < -0.39 is 11.9 Å². The lowest BCUT2D eigenvalue weighted by atomic mass is 10.1. The molecular formula is C13H16FN3O3. The van der Waals surface area contributed by atoms with Gasteiger partial charge in [0.15, 0.2) is 5.84 Å². The first-order valence-electron chi connectivity index (χ1n) is 6.22. The van der Waals surface area contributed by atoms with E-state index in [0.717, 1.165) is 0 Å². The third-order valence-corrected chi connectivity index (χ3v) is 3.16. The van der Waals surface area contributed by atoms with Crippen molar-refractivity contribution in [3.8, 4) is 0 Å². The standard InChI is InChI=1S/C13H16FN3O3/c14-10-4-2-1-3-9(10)7-12(18)17-5-6-20-11(8-17)13(15)16-19/h1-4,11,19H,5-8H2,(H2,15,16). The van der Waals surface area contributed by atoms with Gasteiger partial charge in [-0.3, -0.25) is 4.79 Å². The molecule has 0 aromatic heterocycles. The summed E-state index contributed by atoms with van der Waals surface area (Å²) in [5.41, 5.74) is 5.82. The zero-order valence-electron chi connectivity index (χ0n) is 10.8. The Morgan fingerprint density at radius 3 is 3.00 bits per heavy atom. The van der Waals surface area contributed by atoms with Crippen molar-refractivity contribution in [1.82, 2.24) is 4.90 Å². The largest absolute Gasteiger partial charge is 0.409 e. The zero-order valence-corrected chi connectivity index (χ0v) is 10.8. The van der Waals surface area contributed by atoms with E-state index in [4.69, 9.17) is 15.7 Å². The Labute approximate surface area is 115 Å². The molecule has 1 aliphatic heterocycles. The Bertz CT molecular complexity index is 521. The number of hydrogen-bond donors (Lipinski definition) is 2. The number of nitrogens with two attached hydrogens (primary N) is 1. The van der Waals surface area contributed by atoms with Crippen molar-refractivity contribution in [2.75, 3.05) is 19.7 Å². The quantitative estimate of drug-likeness (QED) is 0.362. The Morgan fingerprint density at radius 1 is 1.55 bits per heavy atom. The highest BCUT2D eigenvalue weighted by Crippen LogP contribution is 2.11.